The van der Waals surface area contributed by atoms with Gasteiger partial charge in [-0.3, -0.25) is 0 Å². The molecule has 2 unspecified atom stereocenters. The summed E-state index contributed by atoms with van der Waals surface area (Å²) in [5, 5.41) is 17.4. The van der Waals surface area contributed by atoms with Crippen LogP contribution in [0.25, 0.3) is 10.9 Å². The highest BCUT2D eigenvalue weighted by molar-refractivity contribution is 5.90. The van der Waals surface area contributed by atoms with Gasteiger partial charge in [-0.05, 0) is 82.7 Å². The SMILES string of the molecule is COC(C)CN(CCCCc1ccc2c(n1)NCCC2)CCC(Nc1nc(C)nc2ccccc12)C(=O)O. The van der Waals surface area contributed by atoms with Crippen molar-refractivity contribution in [2.24, 2.45) is 0 Å². The predicted octanol–water partition coefficient (Wildman–Crippen LogP) is 4.31. The first-order valence-corrected chi connectivity index (χ1v) is 13.6. The van der Waals surface area contributed by atoms with Crippen LogP contribution in [0.5, 0.6) is 0 Å². The number of fused-ring (bicyclic) bond motifs is 2. The summed E-state index contributed by atoms with van der Waals surface area (Å²) in [7, 11) is 1.71. The highest BCUT2D eigenvalue weighted by Gasteiger charge is 2.21. The maximum Gasteiger partial charge on any atom is 0.326 e. The summed E-state index contributed by atoms with van der Waals surface area (Å²) in [6, 6.07) is 11.2. The molecule has 1 aliphatic heterocycles. The first kappa shape index (κ1) is 27.7. The van der Waals surface area contributed by atoms with E-state index in [0.717, 1.165) is 74.2 Å². The third-order valence-electron chi connectivity index (χ3n) is 7.08. The van der Waals surface area contributed by atoms with E-state index in [1.807, 2.05) is 38.1 Å². The van der Waals surface area contributed by atoms with Crippen molar-refractivity contribution in [2.45, 2.75) is 64.5 Å². The van der Waals surface area contributed by atoms with Crippen molar-refractivity contribution in [1.82, 2.24) is 19.9 Å². The molecule has 1 aliphatic rings. The van der Waals surface area contributed by atoms with Gasteiger partial charge in [-0.2, -0.15) is 0 Å². The summed E-state index contributed by atoms with van der Waals surface area (Å²) in [5.41, 5.74) is 3.23. The van der Waals surface area contributed by atoms with Gasteiger partial charge in [0.1, 0.15) is 23.5 Å². The minimum absolute atomic E-state index is 0.0630. The number of carbonyl (C=O) groups is 1. The molecule has 0 saturated heterocycles. The van der Waals surface area contributed by atoms with Crippen LogP contribution in [0.3, 0.4) is 0 Å². The van der Waals surface area contributed by atoms with Gasteiger partial charge in [0.15, 0.2) is 0 Å². The zero-order valence-corrected chi connectivity index (χ0v) is 22.7. The summed E-state index contributed by atoms with van der Waals surface area (Å²) < 4.78 is 5.51. The second-order valence-corrected chi connectivity index (χ2v) is 10.1. The molecule has 38 heavy (non-hydrogen) atoms. The van der Waals surface area contributed by atoms with E-state index in [0.29, 0.717) is 24.6 Å². The predicted molar refractivity (Wildman–Crippen MR) is 151 cm³/mol. The van der Waals surface area contributed by atoms with Crippen LogP contribution in [0.15, 0.2) is 36.4 Å². The number of para-hydroxylation sites is 1. The molecule has 0 fully saturated rings. The van der Waals surface area contributed by atoms with Gasteiger partial charge in [0.05, 0.1) is 11.6 Å². The van der Waals surface area contributed by atoms with Crippen molar-refractivity contribution >= 4 is 28.5 Å². The number of pyridine rings is 1. The standard InChI is InChI=1S/C29H40N6O3/c1-20(38-3)19-35(17-7-6-10-23-14-13-22-9-8-16-30-27(22)33-23)18-15-26(29(36)37)34-28-24-11-4-5-12-25(24)31-21(2)32-28/h4-5,11-14,20,26H,6-10,15-19H2,1-3H3,(H,30,33)(H,36,37)(H,31,32,34). The summed E-state index contributed by atoms with van der Waals surface area (Å²) in [6.07, 6.45) is 5.73. The van der Waals surface area contributed by atoms with E-state index in [9.17, 15) is 9.90 Å². The lowest BCUT2D eigenvalue weighted by Crippen LogP contribution is -2.38. The summed E-state index contributed by atoms with van der Waals surface area (Å²) >= 11 is 0. The molecule has 9 heteroatoms. The van der Waals surface area contributed by atoms with Crippen molar-refractivity contribution < 1.29 is 14.6 Å². The van der Waals surface area contributed by atoms with E-state index in [1.54, 1.807) is 7.11 Å². The van der Waals surface area contributed by atoms with Crippen molar-refractivity contribution in [3.8, 4) is 0 Å². The number of carboxylic acids is 1. The molecule has 3 aromatic rings. The number of unbranched alkanes of at least 4 members (excludes halogenated alkanes) is 1. The molecule has 2 aromatic heterocycles. The third-order valence-corrected chi connectivity index (χ3v) is 7.08. The van der Waals surface area contributed by atoms with Crippen molar-refractivity contribution in [2.75, 3.05) is 43.9 Å². The number of nitrogens with one attached hydrogen (secondary N) is 2. The number of hydrogen-bond donors (Lipinski definition) is 3. The lowest BCUT2D eigenvalue weighted by atomic mass is 10.1. The second kappa shape index (κ2) is 13.5. The molecule has 3 N–H and O–H groups in total. The summed E-state index contributed by atoms with van der Waals surface area (Å²) in [5.74, 6) is 1.32. The Morgan fingerprint density at radius 1 is 1.16 bits per heavy atom. The first-order chi connectivity index (χ1) is 18.4. The fourth-order valence-electron chi connectivity index (χ4n) is 4.92. The Morgan fingerprint density at radius 3 is 2.82 bits per heavy atom. The van der Waals surface area contributed by atoms with Gasteiger partial charge in [0.25, 0.3) is 0 Å². The number of hydrogen-bond acceptors (Lipinski definition) is 8. The number of aliphatic carboxylic acids is 1. The molecule has 0 spiro atoms. The number of anilines is 2. The smallest absolute Gasteiger partial charge is 0.326 e. The van der Waals surface area contributed by atoms with E-state index in [-0.39, 0.29) is 6.10 Å². The van der Waals surface area contributed by atoms with Crippen LogP contribution in [-0.4, -0.2) is 76.4 Å². The summed E-state index contributed by atoms with van der Waals surface area (Å²) in [4.78, 5) is 28.2. The molecule has 204 valence electrons. The zero-order chi connectivity index (χ0) is 26.9. The number of benzene rings is 1. The van der Waals surface area contributed by atoms with Gasteiger partial charge < -0.3 is 25.4 Å². The number of aromatic nitrogens is 3. The Labute approximate surface area is 225 Å². The number of ether oxygens (including phenoxy) is 1. The van der Waals surface area contributed by atoms with Gasteiger partial charge in [0, 0.05) is 37.8 Å². The second-order valence-electron chi connectivity index (χ2n) is 10.1. The average molecular weight is 521 g/mol. The van der Waals surface area contributed by atoms with E-state index in [2.05, 4.69) is 37.6 Å². The van der Waals surface area contributed by atoms with E-state index in [4.69, 9.17) is 9.72 Å². The minimum atomic E-state index is -0.892. The fourth-order valence-corrected chi connectivity index (χ4v) is 4.92. The molecule has 0 bridgehead atoms. The molecule has 0 saturated carbocycles. The van der Waals surface area contributed by atoms with Gasteiger partial charge in [-0.15, -0.1) is 0 Å². The van der Waals surface area contributed by atoms with Crippen LogP contribution in [0, 0.1) is 6.92 Å². The zero-order valence-electron chi connectivity index (χ0n) is 22.7. The Balaban J connectivity index is 1.34. The van der Waals surface area contributed by atoms with E-state index < -0.39 is 12.0 Å². The number of carboxylic acid groups (broad SMARTS) is 1. The van der Waals surface area contributed by atoms with Gasteiger partial charge >= 0.3 is 5.97 Å². The molecule has 0 aliphatic carbocycles. The monoisotopic (exact) mass is 520 g/mol. The van der Waals surface area contributed by atoms with Crippen LogP contribution >= 0.6 is 0 Å². The molecule has 0 amide bonds. The maximum atomic E-state index is 12.2. The van der Waals surface area contributed by atoms with Crippen LogP contribution in [0.4, 0.5) is 11.6 Å². The topological polar surface area (TPSA) is 113 Å². The highest BCUT2D eigenvalue weighted by atomic mass is 16.5. The van der Waals surface area contributed by atoms with E-state index >= 15 is 0 Å². The Hall–Kier alpha value is -3.30. The normalized spacial score (nSPS) is 14.6. The van der Waals surface area contributed by atoms with Crippen molar-refractivity contribution in [3.05, 3.63) is 53.5 Å². The maximum absolute atomic E-state index is 12.2. The molecule has 3 heterocycles. The Morgan fingerprint density at radius 2 is 2.00 bits per heavy atom. The molecule has 1 aromatic carbocycles. The van der Waals surface area contributed by atoms with Gasteiger partial charge in [-0.25, -0.2) is 19.7 Å². The third kappa shape index (κ3) is 7.61. The van der Waals surface area contributed by atoms with Gasteiger partial charge in [0.2, 0.25) is 0 Å². The molecule has 2 atom stereocenters. The number of methoxy groups -OCH3 is 1. The molecule has 9 nitrogen and oxygen atoms in total. The minimum Gasteiger partial charge on any atom is -0.480 e. The fraction of sp³-hybridized carbons (Fsp3) is 0.517. The quantitative estimate of drug-likeness (QED) is 0.268. The van der Waals surface area contributed by atoms with Crippen LogP contribution in [0.1, 0.15) is 49.7 Å². The number of aryl methyl sites for hydroxylation is 3. The number of rotatable bonds is 14. The molecule has 0 radical (unpaired) electrons. The average Bonchev–Trinajstić information content (AvgIpc) is 2.92. The summed E-state index contributed by atoms with van der Waals surface area (Å²) in [6.45, 7) is 7.12. The lowest BCUT2D eigenvalue weighted by molar-refractivity contribution is -0.138. The van der Waals surface area contributed by atoms with Crippen molar-refractivity contribution in [1.29, 1.82) is 0 Å². The highest BCUT2D eigenvalue weighted by Crippen LogP contribution is 2.22. The molecule has 4 rings (SSSR count). The Kier molecular flexibility index (Phi) is 9.84. The number of nitrogens with zero attached hydrogens (tertiary/aromatic N) is 4. The largest absolute Gasteiger partial charge is 0.480 e. The molecular weight excluding hydrogens is 480 g/mol. The van der Waals surface area contributed by atoms with Crippen LogP contribution < -0.4 is 10.6 Å². The van der Waals surface area contributed by atoms with Crippen molar-refractivity contribution in [3.63, 3.8) is 0 Å². The lowest BCUT2D eigenvalue weighted by Gasteiger charge is -2.27. The Bertz CT molecular complexity index is 1220. The van der Waals surface area contributed by atoms with Gasteiger partial charge in [-0.1, -0.05) is 18.2 Å². The van der Waals surface area contributed by atoms with Crippen LogP contribution in [0.2, 0.25) is 0 Å². The molecular formula is C29H40N6O3. The van der Waals surface area contributed by atoms with E-state index in [1.165, 1.54) is 5.56 Å². The first-order valence-electron chi connectivity index (χ1n) is 13.6. The van der Waals surface area contributed by atoms with Crippen LogP contribution in [-0.2, 0) is 22.4 Å².